The first-order chi connectivity index (χ1) is 28.6. The zero-order chi connectivity index (χ0) is 43.1. The summed E-state index contributed by atoms with van der Waals surface area (Å²) in [5.74, 6) is -1.32. The van der Waals surface area contributed by atoms with Gasteiger partial charge in [0.1, 0.15) is 0 Å². The molecular formula is C41H46ClF3N6O9. The van der Waals surface area contributed by atoms with Gasteiger partial charge in [-0.3, -0.25) is 4.79 Å². The van der Waals surface area contributed by atoms with Crippen LogP contribution in [0, 0.1) is 0 Å². The highest BCUT2D eigenvalue weighted by Gasteiger charge is 2.38. The van der Waals surface area contributed by atoms with E-state index in [4.69, 9.17) is 31.5 Å². The number of ether oxygens (including phenoxy) is 4. The standard InChI is InChI=1S/C41H46ClF3N6O9/c1-3-57-40(56)59-25(2)58-37(53)28-8-10-29(11-9-28)48-18-20-49(21-19-48)36(52)34(24-26-22-31(41(43,44)45)35(46)32(42)23-26)60-39(55)50-15-13-30(14-16-50)51-17-12-27-6-4-5-7-33(27)47-38(51)54/h4-11,22-23,25,30,34H,3,12-21,24,46H2,1-2H3,(H,47,54)/t25?,34-/m1/s1. The van der Waals surface area contributed by atoms with Crippen LogP contribution in [0.1, 0.15) is 53.7 Å². The number of likely N-dealkylation sites (tertiary alicyclic amines) is 1. The molecule has 2 saturated heterocycles. The number of carbonyl (C=O) groups excluding carboxylic acids is 5. The fourth-order valence-corrected chi connectivity index (χ4v) is 7.68. The Morgan fingerprint density at radius 1 is 0.900 bits per heavy atom. The Labute approximate surface area is 349 Å². The largest absolute Gasteiger partial charge is 0.511 e. The lowest BCUT2D eigenvalue weighted by Crippen LogP contribution is -2.54. The quantitative estimate of drug-likeness (QED) is 0.0978. The number of nitrogens with two attached hydrogens (primary N) is 1. The first-order valence-electron chi connectivity index (χ1n) is 19.6. The van der Waals surface area contributed by atoms with Crippen LogP contribution < -0.4 is 16.0 Å². The molecule has 3 aliphatic rings. The normalized spacial score (nSPS) is 17.1. The number of hydrogen-bond acceptors (Lipinski definition) is 11. The number of rotatable bonds is 10. The molecule has 2 fully saturated rings. The molecule has 0 aliphatic carbocycles. The molecular weight excluding hydrogens is 813 g/mol. The van der Waals surface area contributed by atoms with Gasteiger partial charge in [-0.1, -0.05) is 29.8 Å². The Balaban J connectivity index is 1.09. The molecule has 4 amide bonds. The molecule has 0 saturated carbocycles. The molecule has 6 rings (SSSR count). The third-order valence-corrected chi connectivity index (χ3v) is 10.9. The molecule has 3 heterocycles. The number of para-hydroxylation sites is 1. The van der Waals surface area contributed by atoms with E-state index in [1.165, 1.54) is 22.8 Å². The molecule has 1 unspecified atom stereocenters. The fourth-order valence-electron chi connectivity index (χ4n) is 7.44. The summed E-state index contributed by atoms with van der Waals surface area (Å²) >= 11 is 6.12. The topological polar surface area (TPSA) is 173 Å². The van der Waals surface area contributed by atoms with Crippen molar-refractivity contribution < 1.29 is 56.1 Å². The first-order valence-corrected chi connectivity index (χ1v) is 19.9. The van der Waals surface area contributed by atoms with Crippen LogP contribution in [0.2, 0.25) is 5.02 Å². The van der Waals surface area contributed by atoms with Crippen LogP contribution in [-0.2, 0) is 42.8 Å². The van der Waals surface area contributed by atoms with Gasteiger partial charge in [-0.2, -0.15) is 13.2 Å². The zero-order valence-corrected chi connectivity index (χ0v) is 33.8. The molecule has 2 atom stereocenters. The summed E-state index contributed by atoms with van der Waals surface area (Å²) in [5.41, 5.74) is 6.56. The molecule has 15 nitrogen and oxygen atoms in total. The van der Waals surface area contributed by atoms with Crippen molar-refractivity contribution in [2.45, 2.75) is 64.1 Å². The van der Waals surface area contributed by atoms with Gasteiger partial charge in [0.15, 0.2) is 6.10 Å². The summed E-state index contributed by atoms with van der Waals surface area (Å²) in [6.07, 6.45) is -8.12. The summed E-state index contributed by atoms with van der Waals surface area (Å²) in [6.45, 7) is 5.08. The molecule has 0 bridgehead atoms. The summed E-state index contributed by atoms with van der Waals surface area (Å²) < 4.78 is 62.2. The summed E-state index contributed by atoms with van der Waals surface area (Å²) in [5, 5.41) is 2.61. The van der Waals surface area contributed by atoms with Crippen LogP contribution >= 0.6 is 11.6 Å². The van der Waals surface area contributed by atoms with Crippen LogP contribution in [0.4, 0.5) is 44.6 Å². The van der Waals surface area contributed by atoms with Gasteiger partial charge >= 0.3 is 30.4 Å². The monoisotopic (exact) mass is 858 g/mol. The minimum atomic E-state index is -4.83. The maximum Gasteiger partial charge on any atom is 0.511 e. The molecule has 0 radical (unpaired) electrons. The van der Waals surface area contributed by atoms with Crippen molar-refractivity contribution in [3.8, 4) is 0 Å². The third kappa shape index (κ3) is 10.6. The highest BCUT2D eigenvalue weighted by Crippen LogP contribution is 2.38. The first kappa shape index (κ1) is 43.7. The molecule has 0 spiro atoms. The van der Waals surface area contributed by atoms with E-state index in [1.807, 2.05) is 29.2 Å². The number of amides is 4. The van der Waals surface area contributed by atoms with Gasteiger partial charge in [-0.05, 0) is 79.8 Å². The van der Waals surface area contributed by atoms with Gasteiger partial charge in [0.05, 0.1) is 28.4 Å². The Kier molecular flexibility index (Phi) is 13.8. The zero-order valence-electron chi connectivity index (χ0n) is 33.0. The molecule has 60 heavy (non-hydrogen) atoms. The lowest BCUT2D eigenvalue weighted by Gasteiger charge is -2.39. The number of alkyl halides is 3. The van der Waals surface area contributed by atoms with E-state index >= 15 is 0 Å². The van der Waals surface area contributed by atoms with E-state index < -0.39 is 60.4 Å². The van der Waals surface area contributed by atoms with E-state index in [1.54, 1.807) is 36.1 Å². The Morgan fingerprint density at radius 3 is 2.25 bits per heavy atom. The number of piperazine rings is 1. The van der Waals surface area contributed by atoms with Gasteiger partial charge in [0.2, 0.25) is 6.29 Å². The van der Waals surface area contributed by atoms with Crippen molar-refractivity contribution >= 4 is 58.8 Å². The fraction of sp³-hybridized carbons (Fsp3) is 0.439. The van der Waals surface area contributed by atoms with Crippen LogP contribution in [-0.4, -0.2) is 116 Å². The Hall–Kier alpha value is -5.91. The molecule has 0 aromatic heterocycles. The summed E-state index contributed by atoms with van der Waals surface area (Å²) in [4.78, 5) is 71.7. The molecule has 3 aromatic carbocycles. The average molecular weight is 859 g/mol. The van der Waals surface area contributed by atoms with E-state index in [2.05, 4.69) is 10.1 Å². The van der Waals surface area contributed by atoms with Gasteiger partial charge in [0, 0.05) is 76.6 Å². The number of nitrogens with zero attached hydrogens (tertiary/aromatic N) is 4. The van der Waals surface area contributed by atoms with Crippen molar-refractivity contribution in [1.82, 2.24) is 14.7 Å². The van der Waals surface area contributed by atoms with Crippen molar-refractivity contribution in [3.63, 3.8) is 0 Å². The number of nitrogens with one attached hydrogen (secondary N) is 1. The van der Waals surface area contributed by atoms with Gasteiger partial charge in [-0.15, -0.1) is 0 Å². The summed E-state index contributed by atoms with van der Waals surface area (Å²) in [7, 11) is 0. The summed E-state index contributed by atoms with van der Waals surface area (Å²) in [6, 6.07) is 15.7. The van der Waals surface area contributed by atoms with Crippen molar-refractivity contribution in [2.24, 2.45) is 0 Å². The molecule has 3 N–H and O–H groups in total. The number of nitrogen functional groups attached to an aromatic ring is 1. The van der Waals surface area contributed by atoms with E-state index in [-0.39, 0.29) is 61.0 Å². The second-order valence-corrected chi connectivity index (χ2v) is 14.9. The molecule has 19 heteroatoms. The second kappa shape index (κ2) is 19.0. The number of esters is 1. The lowest BCUT2D eigenvalue weighted by molar-refractivity contribution is -0.141. The smallest absolute Gasteiger partial charge is 0.436 e. The number of hydrogen-bond donors (Lipinski definition) is 2. The number of benzene rings is 3. The average Bonchev–Trinajstić information content (AvgIpc) is 3.39. The van der Waals surface area contributed by atoms with Crippen molar-refractivity contribution in [3.05, 3.63) is 87.9 Å². The third-order valence-electron chi connectivity index (χ3n) is 10.6. The van der Waals surface area contributed by atoms with Crippen LogP contribution in [0.3, 0.4) is 0 Å². The molecule has 3 aliphatic heterocycles. The lowest BCUT2D eigenvalue weighted by atomic mass is 10.0. The minimum Gasteiger partial charge on any atom is -0.436 e. The molecule has 322 valence electrons. The SMILES string of the molecule is CCOC(=O)OC(C)OC(=O)c1ccc(N2CCN(C(=O)[C@@H](Cc3cc(Cl)c(N)c(C(F)(F)F)c3)OC(=O)N3CCC(N4CCc5ccccc5NC4=O)CC3)CC2)cc1. The van der Waals surface area contributed by atoms with Crippen molar-refractivity contribution in [2.75, 3.05) is 68.4 Å². The molecule has 3 aromatic rings. The van der Waals surface area contributed by atoms with E-state index in [0.29, 0.717) is 38.9 Å². The highest BCUT2D eigenvalue weighted by atomic mass is 35.5. The van der Waals surface area contributed by atoms with Gasteiger partial charge in [0.25, 0.3) is 5.91 Å². The number of anilines is 3. The minimum absolute atomic E-state index is 0.00124. The number of halogens is 4. The van der Waals surface area contributed by atoms with Gasteiger partial charge in [-0.25, -0.2) is 19.2 Å². The van der Waals surface area contributed by atoms with Crippen LogP contribution in [0.25, 0.3) is 0 Å². The maximum atomic E-state index is 14.1. The second-order valence-electron chi connectivity index (χ2n) is 14.5. The van der Waals surface area contributed by atoms with Crippen LogP contribution in [0.15, 0.2) is 60.7 Å². The predicted molar refractivity (Wildman–Crippen MR) is 214 cm³/mol. The highest BCUT2D eigenvalue weighted by molar-refractivity contribution is 6.33. The number of urea groups is 1. The number of fused-ring (bicyclic) bond motifs is 1. The van der Waals surface area contributed by atoms with Crippen LogP contribution in [0.5, 0.6) is 0 Å². The predicted octanol–water partition coefficient (Wildman–Crippen LogP) is 6.57. The number of carbonyl (C=O) groups is 5. The maximum absolute atomic E-state index is 14.1. The van der Waals surface area contributed by atoms with E-state index in [0.717, 1.165) is 23.0 Å². The Morgan fingerprint density at radius 2 is 1.58 bits per heavy atom. The van der Waals surface area contributed by atoms with Crippen molar-refractivity contribution in [1.29, 1.82) is 0 Å². The van der Waals surface area contributed by atoms with E-state index in [9.17, 15) is 37.1 Å². The number of piperidine rings is 1. The van der Waals surface area contributed by atoms with Gasteiger partial charge < -0.3 is 49.6 Å². The Bertz CT molecular complexity index is 2060.